The highest BCUT2D eigenvalue weighted by Gasteiger charge is 2.43. The minimum atomic E-state index is -0.559. The average Bonchev–Trinajstić information content (AvgIpc) is 3.27. The number of halogens is 1. The summed E-state index contributed by atoms with van der Waals surface area (Å²) in [6.07, 6.45) is 3.36. The Bertz CT molecular complexity index is 1210. The maximum atomic E-state index is 12.5. The molecule has 1 aromatic carbocycles. The fourth-order valence-electron chi connectivity index (χ4n) is 4.69. The Kier molecular flexibility index (Phi) is 6.67. The minimum Gasteiger partial charge on any atom is -0.366 e. The number of nitrogens with zero attached hydrogens (tertiary/aromatic N) is 8. The molecule has 0 spiro atoms. The summed E-state index contributed by atoms with van der Waals surface area (Å²) < 4.78 is 12.5. The van der Waals surface area contributed by atoms with E-state index in [0.717, 1.165) is 24.1 Å². The number of aromatic nitrogens is 6. The third-order valence-corrected chi connectivity index (χ3v) is 6.67. The molecule has 3 aromatic rings. The molecule has 0 unspecified atom stereocenters. The zero-order chi connectivity index (χ0) is 25.2. The first-order chi connectivity index (χ1) is 16.6. The lowest BCUT2D eigenvalue weighted by Gasteiger charge is -2.53. The molecule has 0 atom stereocenters. The predicted octanol–water partition coefficient (Wildman–Crippen LogP) is 3.78. The molecule has 2 N–H and O–H groups in total. The van der Waals surface area contributed by atoms with Crippen molar-refractivity contribution in [3.63, 3.8) is 0 Å². The molecule has 0 amide bonds. The number of hydrogen-bond donors (Lipinski definition) is 2. The lowest BCUT2D eigenvalue weighted by molar-refractivity contribution is -0.00772. The number of nitriles is 1. The van der Waals surface area contributed by atoms with Crippen LogP contribution in [0.2, 0.25) is 0 Å². The van der Waals surface area contributed by atoms with Crippen LogP contribution in [0.15, 0.2) is 30.5 Å². The number of nitrogens with one attached hydrogen (secondary N) is 2. The quantitative estimate of drug-likeness (QED) is 0.522. The number of benzene rings is 1. The number of anilines is 3. The standard InChI is InChI=1S/C24H31FN10/c1-23(2)12-19(13-24(3,4)34(23)5)28-20-17(14-26)15-27-22(30-20)29-18-8-6-7-16(11-18)21-31-33-35(32-21)10-9-25/h6-8,11,15,19H,9-10,12-13H2,1-5H3,(H2,27,28,29,30). The minimum absolute atomic E-state index is 0.000845. The number of aryl methyl sites for hydroxylation is 1. The number of rotatable bonds is 7. The van der Waals surface area contributed by atoms with Crippen molar-refractivity contribution in [1.29, 1.82) is 5.26 Å². The lowest BCUT2D eigenvalue weighted by Crippen LogP contribution is -2.61. The van der Waals surface area contributed by atoms with E-state index in [1.807, 2.05) is 24.3 Å². The smallest absolute Gasteiger partial charge is 0.229 e. The van der Waals surface area contributed by atoms with Gasteiger partial charge in [0.1, 0.15) is 24.1 Å². The molecule has 0 radical (unpaired) electrons. The van der Waals surface area contributed by atoms with E-state index in [0.29, 0.717) is 23.2 Å². The van der Waals surface area contributed by atoms with Crippen LogP contribution in [0.3, 0.4) is 0 Å². The first-order valence-electron chi connectivity index (χ1n) is 11.6. The van der Waals surface area contributed by atoms with Crippen molar-refractivity contribution in [1.82, 2.24) is 35.1 Å². The number of alkyl halides is 1. The van der Waals surface area contributed by atoms with Crippen LogP contribution in [0, 0.1) is 11.3 Å². The summed E-state index contributed by atoms with van der Waals surface area (Å²) >= 11 is 0. The van der Waals surface area contributed by atoms with Crippen LogP contribution < -0.4 is 10.6 Å². The average molecular weight is 479 g/mol. The molecule has 35 heavy (non-hydrogen) atoms. The zero-order valence-electron chi connectivity index (χ0n) is 20.7. The first kappa shape index (κ1) is 24.5. The van der Waals surface area contributed by atoms with Crippen LogP contribution in [0.25, 0.3) is 11.4 Å². The number of piperidine rings is 1. The fraction of sp³-hybridized carbons (Fsp3) is 0.500. The van der Waals surface area contributed by atoms with Crippen LogP contribution in [0.4, 0.5) is 21.8 Å². The summed E-state index contributed by atoms with van der Waals surface area (Å²) in [6.45, 7) is 8.44. The summed E-state index contributed by atoms with van der Waals surface area (Å²) in [4.78, 5) is 12.6. The molecule has 4 rings (SSSR count). The molecule has 0 bridgehead atoms. The third-order valence-electron chi connectivity index (χ3n) is 6.67. The largest absolute Gasteiger partial charge is 0.366 e. The van der Waals surface area contributed by atoms with Gasteiger partial charge in [0.05, 0.1) is 12.7 Å². The van der Waals surface area contributed by atoms with E-state index in [9.17, 15) is 9.65 Å². The Labute approximate surface area is 204 Å². The summed E-state index contributed by atoms with van der Waals surface area (Å²) in [7, 11) is 2.16. The first-order valence-corrected chi connectivity index (χ1v) is 11.6. The molecule has 10 nitrogen and oxygen atoms in total. The van der Waals surface area contributed by atoms with Crippen molar-refractivity contribution >= 4 is 17.5 Å². The second-order valence-electron chi connectivity index (χ2n) is 10.1. The van der Waals surface area contributed by atoms with E-state index in [-0.39, 0.29) is 23.7 Å². The van der Waals surface area contributed by atoms with Crippen LogP contribution >= 0.6 is 0 Å². The molecular formula is C24H31FN10. The summed E-state index contributed by atoms with van der Waals surface area (Å²) in [6, 6.07) is 9.75. The van der Waals surface area contributed by atoms with Crippen molar-refractivity contribution in [2.45, 2.75) is 64.2 Å². The molecule has 2 aromatic heterocycles. The molecule has 1 saturated heterocycles. The second kappa shape index (κ2) is 9.54. The molecule has 0 saturated carbocycles. The second-order valence-corrected chi connectivity index (χ2v) is 10.1. The maximum absolute atomic E-state index is 12.5. The Balaban J connectivity index is 1.54. The number of hydrogen-bond acceptors (Lipinski definition) is 9. The van der Waals surface area contributed by atoms with E-state index in [1.54, 1.807) is 0 Å². The van der Waals surface area contributed by atoms with E-state index in [1.165, 1.54) is 11.0 Å². The monoisotopic (exact) mass is 478 g/mol. The van der Waals surface area contributed by atoms with E-state index >= 15 is 0 Å². The van der Waals surface area contributed by atoms with Gasteiger partial charge < -0.3 is 10.6 Å². The highest BCUT2D eigenvalue weighted by atomic mass is 19.1. The molecule has 1 fully saturated rings. The van der Waals surface area contributed by atoms with Gasteiger partial charge in [-0.1, -0.05) is 12.1 Å². The molecular weight excluding hydrogens is 447 g/mol. The highest BCUT2D eigenvalue weighted by Crippen LogP contribution is 2.38. The molecule has 1 aliphatic heterocycles. The summed E-state index contributed by atoms with van der Waals surface area (Å²) in [5.41, 5.74) is 1.85. The van der Waals surface area contributed by atoms with Crippen LogP contribution in [-0.2, 0) is 6.54 Å². The molecule has 184 valence electrons. The molecule has 0 aliphatic carbocycles. The van der Waals surface area contributed by atoms with Gasteiger partial charge in [0, 0.05) is 28.4 Å². The van der Waals surface area contributed by atoms with E-state index in [4.69, 9.17) is 0 Å². The molecule has 3 heterocycles. The van der Waals surface area contributed by atoms with Gasteiger partial charge in [0.25, 0.3) is 0 Å². The zero-order valence-corrected chi connectivity index (χ0v) is 20.7. The fourth-order valence-corrected chi connectivity index (χ4v) is 4.69. The lowest BCUT2D eigenvalue weighted by atomic mass is 9.77. The van der Waals surface area contributed by atoms with E-state index < -0.39 is 6.67 Å². The van der Waals surface area contributed by atoms with Gasteiger partial charge >= 0.3 is 0 Å². The van der Waals surface area contributed by atoms with Gasteiger partial charge in [-0.3, -0.25) is 4.90 Å². The van der Waals surface area contributed by atoms with Gasteiger partial charge in [-0.15, -0.1) is 10.2 Å². The van der Waals surface area contributed by atoms with Crippen molar-refractivity contribution in [3.05, 3.63) is 36.0 Å². The van der Waals surface area contributed by atoms with Crippen LogP contribution in [0.1, 0.15) is 46.1 Å². The van der Waals surface area contributed by atoms with Crippen molar-refractivity contribution in [3.8, 4) is 17.5 Å². The Hall–Kier alpha value is -3.65. The Morgan fingerprint density at radius 3 is 2.63 bits per heavy atom. The SMILES string of the molecule is CN1C(C)(C)CC(Nc2nc(Nc3cccc(-c4nnn(CCF)n4)c3)ncc2C#N)CC1(C)C. The van der Waals surface area contributed by atoms with Gasteiger partial charge in [0.2, 0.25) is 11.8 Å². The number of likely N-dealkylation sites (tertiary alicyclic amines) is 1. The highest BCUT2D eigenvalue weighted by molar-refractivity contribution is 5.65. The number of tetrazole rings is 1. The van der Waals surface area contributed by atoms with Gasteiger partial charge in [-0.25, -0.2) is 9.37 Å². The summed E-state index contributed by atoms with van der Waals surface area (Å²) in [5, 5.41) is 28.4. The van der Waals surface area contributed by atoms with Crippen molar-refractivity contribution in [2.24, 2.45) is 0 Å². The van der Waals surface area contributed by atoms with E-state index in [2.05, 4.69) is 81.7 Å². The third kappa shape index (κ3) is 5.38. The van der Waals surface area contributed by atoms with Crippen LogP contribution in [0.5, 0.6) is 0 Å². The molecule has 1 aliphatic rings. The summed E-state index contributed by atoms with van der Waals surface area (Å²) in [5.74, 6) is 1.28. The van der Waals surface area contributed by atoms with Gasteiger partial charge in [-0.05, 0) is 64.9 Å². The van der Waals surface area contributed by atoms with Crippen molar-refractivity contribution in [2.75, 3.05) is 24.4 Å². The van der Waals surface area contributed by atoms with Gasteiger partial charge in [-0.2, -0.15) is 15.0 Å². The van der Waals surface area contributed by atoms with Crippen molar-refractivity contribution < 1.29 is 4.39 Å². The predicted molar refractivity (Wildman–Crippen MR) is 132 cm³/mol. The Morgan fingerprint density at radius 1 is 1.20 bits per heavy atom. The normalized spacial score (nSPS) is 17.6. The molecule has 11 heteroatoms. The Morgan fingerprint density at radius 2 is 1.94 bits per heavy atom. The topological polar surface area (TPSA) is 120 Å². The maximum Gasteiger partial charge on any atom is 0.229 e. The van der Waals surface area contributed by atoms with Gasteiger partial charge in [0.15, 0.2) is 0 Å². The van der Waals surface area contributed by atoms with Crippen LogP contribution in [-0.4, -0.2) is 65.9 Å².